The van der Waals surface area contributed by atoms with Gasteiger partial charge < -0.3 is 14.5 Å². The van der Waals surface area contributed by atoms with Crippen molar-refractivity contribution in [2.45, 2.75) is 76.0 Å². The molecule has 0 saturated heterocycles. The Kier molecular flexibility index (Phi) is 11.7. The second-order valence-electron chi connectivity index (χ2n) is 6.18. The van der Waals surface area contributed by atoms with E-state index in [1.165, 1.54) is 0 Å². The molecule has 5 nitrogen and oxygen atoms in total. The molecule has 0 amide bonds. The van der Waals surface area contributed by atoms with E-state index >= 15 is 0 Å². The van der Waals surface area contributed by atoms with Crippen LogP contribution in [-0.4, -0.2) is 32.8 Å². The van der Waals surface area contributed by atoms with Crippen molar-refractivity contribution in [3.05, 3.63) is 0 Å². The second kappa shape index (κ2) is 11.6. The van der Waals surface area contributed by atoms with Gasteiger partial charge in [-0.3, -0.25) is 9.36 Å². The Morgan fingerprint density at radius 1 is 0.955 bits per heavy atom. The average molecular weight is 401 g/mol. The lowest BCUT2D eigenvalue weighted by molar-refractivity contribution is -0.145. The Labute approximate surface area is 142 Å². The molecule has 0 saturated carbocycles. The van der Waals surface area contributed by atoms with Crippen LogP contribution in [0.5, 0.6) is 0 Å². The highest BCUT2D eigenvalue weighted by atomic mass is 79.9. The van der Waals surface area contributed by atoms with E-state index in [1.807, 2.05) is 0 Å². The van der Waals surface area contributed by atoms with Crippen LogP contribution in [0.15, 0.2) is 0 Å². The number of hydrogen-bond donors (Lipinski definition) is 2. The van der Waals surface area contributed by atoms with Gasteiger partial charge in [-0.2, -0.15) is 0 Å². The Hall–Kier alpha value is 0.1000. The van der Waals surface area contributed by atoms with Gasteiger partial charge in [0.2, 0.25) is 0 Å². The fraction of sp³-hybridized carbons (Fsp3) is 0.933. The summed E-state index contributed by atoms with van der Waals surface area (Å²) in [6.07, 6.45) is 9.09. The van der Waals surface area contributed by atoms with Crippen molar-refractivity contribution in [1.82, 2.24) is 0 Å². The molecule has 0 fully saturated rings. The molecular weight excluding hydrogens is 371 g/mol. The van der Waals surface area contributed by atoms with E-state index in [0.29, 0.717) is 13.0 Å². The van der Waals surface area contributed by atoms with Crippen LogP contribution in [0, 0.1) is 0 Å². The van der Waals surface area contributed by atoms with Gasteiger partial charge >= 0.3 is 13.6 Å². The molecule has 0 bridgehead atoms. The van der Waals surface area contributed by atoms with Crippen LogP contribution in [0.1, 0.15) is 71.6 Å². The molecule has 2 N–H and O–H groups in total. The number of alkyl halides is 1. The first kappa shape index (κ1) is 22.1. The molecule has 0 atom stereocenters. The molecule has 0 aliphatic carbocycles. The summed E-state index contributed by atoms with van der Waals surface area (Å²) in [5.74, 6) is -0.220. The third kappa shape index (κ3) is 15.0. The summed E-state index contributed by atoms with van der Waals surface area (Å²) in [5.41, 5.74) is 0. The van der Waals surface area contributed by atoms with Crippen molar-refractivity contribution in [3.63, 3.8) is 0 Å². The van der Waals surface area contributed by atoms with Gasteiger partial charge in [-0.15, -0.1) is 0 Å². The van der Waals surface area contributed by atoms with Crippen LogP contribution in [0.3, 0.4) is 0 Å². The summed E-state index contributed by atoms with van der Waals surface area (Å²) < 4.78 is 15.2. The predicted octanol–water partition coefficient (Wildman–Crippen LogP) is 4.39. The zero-order valence-electron chi connectivity index (χ0n) is 13.7. The van der Waals surface area contributed by atoms with Crippen LogP contribution in [-0.2, 0) is 14.1 Å². The average Bonchev–Trinajstić information content (AvgIpc) is 2.37. The number of halogens is 1. The summed E-state index contributed by atoms with van der Waals surface area (Å²) >= 11 is 3.27. The Balaban J connectivity index is 3.25. The summed E-state index contributed by atoms with van der Waals surface area (Å²) in [5, 5.41) is 0. The van der Waals surface area contributed by atoms with Gasteiger partial charge in [0.15, 0.2) is 0 Å². The smallest absolute Gasteiger partial charge is 0.325 e. The van der Waals surface area contributed by atoms with Crippen molar-refractivity contribution in [3.8, 4) is 0 Å². The largest absolute Gasteiger partial charge is 0.465 e. The summed E-state index contributed by atoms with van der Waals surface area (Å²) in [6.45, 7) is 4.03. The quantitative estimate of drug-likeness (QED) is 0.207. The van der Waals surface area contributed by atoms with E-state index in [2.05, 4.69) is 15.9 Å². The standard InChI is InChI=1S/C15H30BrO5P/c1-15(2,16)14(17)21-12-10-8-6-4-3-5-7-9-11-13-22(18,19)20/h3-13H2,1-2H3,(H2,18,19,20). The lowest BCUT2D eigenvalue weighted by Gasteiger charge is -2.14. The minimum absolute atomic E-state index is 0.0108. The number of hydrogen-bond acceptors (Lipinski definition) is 3. The first-order valence-corrected chi connectivity index (χ1v) is 10.6. The highest BCUT2D eigenvalue weighted by molar-refractivity contribution is 9.10. The van der Waals surface area contributed by atoms with Crippen LogP contribution in [0.4, 0.5) is 0 Å². The molecule has 7 heteroatoms. The van der Waals surface area contributed by atoms with E-state index in [4.69, 9.17) is 14.5 Å². The van der Waals surface area contributed by atoms with Crippen molar-refractivity contribution in [2.75, 3.05) is 12.8 Å². The Morgan fingerprint density at radius 3 is 1.77 bits per heavy atom. The van der Waals surface area contributed by atoms with Crippen LogP contribution in [0.25, 0.3) is 0 Å². The fourth-order valence-electron chi connectivity index (χ4n) is 1.99. The minimum Gasteiger partial charge on any atom is -0.465 e. The molecule has 0 aromatic carbocycles. The number of carbonyl (C=O) groups is 1. The summed E-state index contributed by atoms with van der Waals surface area (Å²) in [4.78, 5) is 28.9. The molecule has 0 rings (SSSR count). The maximum absolute atomic E-state index is 11.5. The normalized spacial score (nSPS) is 12.4. The molecule has 0 aliphatic heterocycles. The van der Waals surface area contributed by atoms with Gasteiger partial charge in [-0.1, -0.05) is 60.9 Å². The SMILES string of the molecule is CC(C)(Br)C(=O)OCCCCCCCCCCCP(=O)(O)O. The number of ether oxygens (including phenoxy) is 1. The van der Waals surface area contributed by atoms with Crippen molar-refractivity contribution in [1.29, 1.82) is 0 Å². The molecule has 0 aromatic heterocycles. The topological polar surface area (TPSA) is 83.8 Å². The maximum atomic E-state index is 11.5. The third-order valence-electron chi connectivity index (χ3n) is 3.31. The number of rotatable bonds is 13. The van der Waals surface area contributed by atoms with E-state index in [0.717, 1.165) is 51.4 Å². The van der Waals surface area contributed by atoms with E-state index < -0.39 is 11.9 Å². The highest BCUT2D eigenvalue weighted by Crippen LogP contribution is 2.35. The molecule has 0 radical (unpaired) electrons. The molecular formula is C15H30BrO5P. The molecule has 132 valence electrons. The lowest BCUT2D eigenvalue weighted by Crippen LogP contribution is -2.26. The third-order valence-corrected chi connectivity index (χ3v) is 4.53. The van der Waals surface area contributed by atoms with Crippen molar-refractivity contribution >= 4 is 29.5 Å². The lowest BCUT2D eigenvalue weighted by atomic mass is 10.1. The van der Waals surface area contributed by atoms with E-state index in [9.17, 15) is 9.36 Å². The summed E-state index contributed by atoms with van der Waals surface area (Å²) in [7, 11) is -3.80. The van der Waals surface area contributed by atoms with Gasteiger partial charge in [0.05, 0.1) is 6.61 Å². The summed E-state index contributed by atoms with van der Waals surface area (Å²) in [6, 6.07) is 0. The molecule has 22 heavy (non-hydrogen) atoms. The Morgan fingerprint density at radius 2 is 1.36 bits per heavy atom. The molecule has 0 aliphatic rings. The molecule has 0 unspecified atom stereocenters. The van der Waals surface area contributed by atoms with Gasteiger partial charge in [0, 0.05) is 6.16 Å². The monoisotopic (exact) mass is 400 g/mol. The van der Waals surface area contributed by atoms with Gasteiger partial charge in [-0.25, -0.2) is 0 Å². The minimum atomic E-state index is -3.80. The fourth-order valence-corrected chi connectivity index (χ4v) is 2.74. The van der Waals surface area contributed by atoms with Crippen LogP contribution >= 0.6 is 23.5 Å². The number of unbranched alkanes of at least 4 members (excludes halogenated alkanes) is 8. The maximum Gasteiger partial charge on any atom is 0.325 e. The van der Waals surface area contributed by atoms with Gasteiger partial charge in [0.1, 0.15) is 4.32 Å². The first-order chi connectivity index (χ1) is 10.1. The molecule has 0 heterocycles. The number of esters is 1. The molecule has 0 aromatic rings. The van der Waals surface area contributed by atoms with Gasteiger partial charge in [-0.05, 0) is 26.7 Å². The molecule has 0 spiro atoms. The van der Waals surface area contributed by atoms with Crippen LogP contribution < -0.4 is 0 Å². The van der Waals surface area contributed by atoms with E-state index in [1.54, 1.807) is 13.8 Å². The van der Waals surface area contributed by atoms with Crippen molar-refractivity contribution in [2.24, 2.45) is 0 Å². The van der Waals surface area contributed by atoms with Crippen molar-refractivity contribution < 1.29 is 23.9 Å². The second-order valence-corrected chi connectivity index (χ2v) is 9.94. The predicted molar refractivity (Wildman–Crippen MR) is 92.4 cm³/mol. The first-order valence-electron chi connectivity index (χ1n) is 8.03. The van der Waals surface area contributed by atoms with E-state index in [-0.39, 0.29) is 12.1 Å². The van der Waals surface area contributed by atoms with Crippen LogP contribution in [0.2, 0.25) is 0 Å². The zero-order valence-corrected chi connectivity index (χ0v) is 16.2. The highest BCUT2D eigenvalue weighted by Gasteiger charge is 2.24. The Bertz CT molecular complexity index is 348. The number of carbonyl (C=O) groups excluding carboxylic acids is 1. The zero-order chi connectivity index (χ0) is 17.1. The van der Waals surface area contributed by atoms with Gasteiger partial charge in [0.25, 0.3) is 0 Å².